The van der Waals surface area contributed by atoms with Gasteiger partial charge in [0.05, 0.1) is 5.52 Å². The van der Waals surface area contributed by atoms with Gasteiger partial charge in [0.2, 0.25) is 0 Å². The molecule has 0 bridgehead atoms. The van der Waals surface area contributed by atoms with Crippen molar-refractivity contribution in [2.24, 2.45) is 0 Å². The Kier molecular flexibility index (Phi) is 2.48. The summed E-state index contributed by atoms with van der Waals surface area (Å²) in [5.74, 6) is 1.72. The van der Waals surface area contributed by atoms with Gasteiger partial charge in [0.25, 0.3) is 0 Å². The molecule has 4 heteroatoms. The highest BCUT2D eigenvalue weighted by atomic mass is 79.9. The van der Waals surface area contributed by atoms with Gasteiger partial charge in [-0.15, -0.1) is 0 Å². The van der Waals surface area contributed by atoms with Gasteiger partial charge in [-0.2, -0.15) is 0 Å². The molecule has 0 amide bonds. The van der Waals surface area contributed by atoms with Crippen LogP contribution in [0.2, 0.25) is 0 Å². The maximum absolute atomic E-state index is 4.65. The third-order valence-electron chi connectivity index (χ3n) is 3.21. The summed E-state index contributed by atoms with van der Waals surface area (Å²) in [6.07, 6.45) is 3.30. The van der Waals surface area contributed by atoms with Crippen molar-refractivity contribution in [3.8, 4) is 0 Å². The molecule has 1 atom stereocenters. The van der Waals surface area contributed by atoms with Crippen LogP contribution in [0.5, 0.6) is 0 Å². The third kappa shape index (κ3) is 1.57. The number of aryl methyl sites for hydroxylation is 1. The smallest absolute Gasteiger partial charge is 0.132 e. The summed E-state index contributed by atoms with van der Waals surface area (Å²) in [6, 6.07) is 4.30. The number of halogens is 1. The van der Waals surface area contributed by atoms with Gasteiger partial charge in [0, 0.05) is 18.7 Å². The van der Waals surface area contributed by atoms with Gasteiger partial charge in [-0.25, -0.2) is 4.98 Å². The molecule has 2 aromatic rings. The van der Waals surface area contributed by atoms with Gasteiger partial charge in [0.15, 0.2) is 0 Å². The van der Waals surface area contributed by atoms with Gasteiger partial charge in [-0.1, -0.05) is 0 Å². The van der Waals surface area contributed by atoms with Crippen molar-refractivity contribution < 1.29 is 0 Å². The second-order valence-corrected chi connectivity index (χ2v) is 5.16. The lowest BCUT2D eigenvalue weighted by molar-refractivity contribution is 0.697. The zero-order valence-corrected chi connectivity index (χ0v) is 10.8. The molecular formula is C12H14BrN3. The quantitative estimate of drug-likeness (QED) is 0.869. The largest absolute Gasteiger partial charge is 0.316 e. The summed E-state index contributed by atoms with van der Waals surface area (Å²) < 4.78 is 3.16. The van der Waals surface area contributed by atoms with Crippen LogP contribution >= 0.6 is 15.9 Å². The Bertz CT molecular complexity index is 526. The van der Waals surface area contributed by atoms with Crippen LogP contribution < -0.4 is 5.32 Å². The first-order chi connectivity index (χ1) is 7.75. The Balaban J connectivity index is 2.18. The molecule has 3 nitrogen and oxygen atoms in total. The van der Waals surface area contributed by atoms with Crippen LogP contribution in [0.1, 0.15) is 23.7 Å². The number of imidazole rings is 1. The third-order valence-corrected chi connectivity index (χ3v) is 3.79. The van der Waals surface area contributed by atoms with Crippen LogP contribution in [-0.2, 0) is 0 Å². The van der Waals surface area contributed by atoms with Gasteiger partial charge < -0.3 is 9.72 Å². The fourth-order valence-corrected chi connectivity index (χ4v) is 2.83. The van der Waals surface area contributed by atoms with Crippen LogP contribution in [0.15, 0.2) is 22.9 Å². The Morgan fingerprint density at radius 3 is 3.19 bits per heavy atom. The molecular weight excluding hydrogens is 266 g/mol. The first kappa shape index (κ1) is 10.3. The molecule has 1 fully saturated rings. The minimum Gasteiger partial charge on any atom is -0.316 e. The predicted octanol–water partition coefficient (Wildman–Crippen LogP) is 2.48. The number of rotatable bonds is 1. The van der Waals surface area contributed by atoms with E-state index >= 15 is 0 Å². The van der Waals surface area contributed by atoms with Crippen molar-refractivity contribution in [3.05, 3.63) is 34.3 Å². The topological polar surface area (TPSA) is 29.3 Å². The Labute approximate surface area is 103 Å². The summed E-state index contributed by atoms with van der Waals surface area (Å²) in [5.41, 5.74) is 2.44. The van der Waals surface area contributed by atoms with E-state index in [4.69, 9.17) is 0 Å². The highest BCUT2D eigenvalue weighted by Gasteiger charge is 2.22. The van der Waals surface area contributed by atoms with Gasteiger partial charge in [-0.3, -0.25) is 0 Å². The zero-order chi connectivity index (χ0) is 11.1. The van der Waals surface area contributed by atoms with Crippen molar-refractivity contribution in [1.82, 2.24) is 14.7 Å². The standard InChI is InChI=1S/C12H14BrN3/c1-8-3-5-16-10(6-8)11(13)15-12(16)9-2-4-14-7-9/h3,5-6,9,14H,2,4,7H2,1H3. The van der Waals surface area contributed by atoms with Crippen molar-refractivity contribution in [1.29, 1.82) is 0 Å². The summed E-state index contributed by atoms with van der Waals surface area (Å²) >= 11 is 3.55. The second kappa shape index (κ2) is 3.86. The molecule has 0 spiro atoms. The molecule has 2 aromatic heterocycles. The maximum Gasteiger partial charge on any atom is 0.132 e. The summed E-state index contributed by atoms with van der Waals surface area (Å²) in [5, 5.41) is 3.39. The predicted molar refractivity (Wildman–Crippen MR) is 67.9 cm³/mol. The molecule has 1 unspecified atom stereocenters. The summed E-state index contributed by atoms with van der Waals surface area (Å²) in [7, 11) is 0. The van der Waals surface area contributed by atoms with Crippen molar-refractivity contribution in [2.45, 2.75) is 19.3 Å². The number of hydrogen-bond acceptors (Lipinski definition) is 2. The number of nitrogens with one attached hydrogen (secondary N) is 1. The van der Waals surface area contributed by atoms with Crippen molar-refractivity contribution >= 4 is 21.4 Å². The fraction of sp³-hybridized carbons (Fsp3) is 0.417. The van der Waals surface area contributed by atoms with Crippen LogP contribution in [-0.4, -0.2) is 22.5 Å². The lowest BCUT2D eigenvalue weighted by Crippen LogP contribution is -2.10. The minimum atomic E-state index is 0.543. The van der Waals surface area contributed by atoms with E-state index in [1.807, 2.05) is 0 Å². The number of pyridine rings is 1. The van der Waals surface area contributed by atoms with E-state index in [1.165, 1.54) is 23.3 Å². The molecule has 1 aliphatic rings. The van der Waals surface area contributed by atoms with E-state index < -0.39 is 0 Å². The first-order valence-corrected chi connectivity index (χ1v) is 6.40. The van der Waals surface area contributed by atoms with Crippen LogP contribution in [0.25, 0.3) is 5.52 Å². The normalized spacial score (nSPS) is 20.8. The number of aromatic nitrogens is 2. The zero-order valence-electron chi connectivity index (χ0n) is 9.20. The van der Waals surface area contributed by atoms with E-state index in [0.29, 0.717) is 5.92 Å². The monoisotopic (exact) mass is 279 g/mol. The molecule has 1 N–H and O–H groups in total. The Morgan fingerprint density at radius 1 is 1.56 bits per heavy atom. The Morgan fingerprint density at radius 2 is 2.44 bits per heavy atom. The van der Waals surface area contributed by atoms with E-state index in [0.717, 1.165) is 17.7 Å². The number of hydrogen-bond donors (Lipinski definition) is 1. The van der Waals surface area contributed by atoms with Gasteiger partial charge >= 0.3 is 0 Å². The van der Waals surface area contributed by atoms with Crippen LogP contribution in [0, 0.1) is 6.92 Å². The summed E-state index contributed by atoms with van der Waals surface area (Å²) in [6.45, 7) is 4.25. The molecule has 1 aliphatic heterocycles. The van der Waals surface area contributed by atoms with E-state index in [2.05, 4.69) is 55.9 Å². The minimum absolute atomic E-state index is 0.543. The molecule has 0 saturated carbocycles. The maximum atomic E-state index is 4.65. The lowest BCUT2D eigenvalue weighted by Gasteiger charge is -2.07. The molecule has 16 heavy (non-hydrogen) atoms. The highest BCUT2D eigenvalue weighted by molar-refractivity contribution is 9.10. The molecule has 3 heterocycles. The molecule has 84 valence electrons. The molecule has 3 rings (SSSR count). The lowest BCUT2D eigenvalue weighted by atomic mass is 10.1. The SMILES string of the molecule is Cc1ccn2c(C3CCNC3)nc(Br)c2c1. The number of nitrogens with zero attached hydrogens (tertiary/aromatic N) is 2. The average Bonchev–Trinajstić information content (AvgIpc) is 2.87. The van der Waals surface area contributed by atoms with E-state index in [9.17, 15) is 0 Å². The number of fused-ring (bicyclic) bond motifs is 1. The van der Waals surface area contributed by atoms with Gasteiger partial charge in [0.1, 0.15) is 10.4 Å². The average molecular weight is 280 g/mol. The Hall–Kier alpha value is -0.870. The highest BCUT2D eigenvalue weighted by Crippen LogP contribution is 2.27. The molecule has 0 radical (unpaired) electrons. The molecule has 0 aliphatic carbocycles. The van der Waals surface area contributed by atoms with Gasteiger partial charge in [-0.05, 0) is 53.5 Å². The van der Waals surface area contributed by atoms with Crippen molar-refractivity contribution in [2.75, 3.05) is 13.1 Å². The fourth-order valence-electron chi connectivity index (χ4n) is 2.34. The first-order valence-electron chi connectivity index (χ1n) is 5.60. The van der Waals surface area contributed by atoms with Crippen LogP contribution in [0.4, 0.5) is 0 Å². The second-order valence-electron chi connectivity index (χ2n) is 4.41. The van der Waals surface area contributed by atoms with E-state index in [1.54, 1.807) is 0 Å². The summed E-state index contributed by atoms with van der Waals surface area (Å²) in [4.78, 5) is 4.65. The van der Waals surface area contributed by atoms with Crippen molar-refractivity contribution in [3.63, 3.8) is 0 Å². The molecule has 1 saturated heterocycles. The van der Waals surface area contributed by atoms with Crippen LogP contribution in [0.3, 0.4) is 0 Å². The van der Waals surface area contributed by atoms with E-state index in [-0.39, 0.29) is 0 Å². The molecule has 0 aromatic carbocycles.